The Morgan fingerprint density at radius 1 is 1.12 bits per heavy atom. The predicted octanol–water partition coefficient (Wildman–Crippen LogP) is 2.31. The highest BCUT2D eigenvalue weighted by molar-refractivity contribution is 5.78. The van der Waals surface area contributed by atoms with Crippen molar-refractivity contribution in [1.82, 2.24) is 9.80 Å². The summed E-state index contributed by atoms with van der Waals surface area (Å²) in [7, 11) is 0. The van der Waals surface area contributed by atoms with Crippen LogP contribution >= 0.6 is 0 Å². The number of benzene rings is 1. The van der Waals surface area contributed by atoms with E-state index in [0.29, 0.717) is 18.3 Å². The predicted molar refractivity (Wildman–Crippen MR) is 96.4 cm³/mol. The molecule has 5 heteroatoms. The first-order valence-electron chi connectivity index (χ1n) is 9.24. The number of aromatic hydroxyl groups is 1. The van der Waals surface area contributed by atoms with E-state index < -0.39 is 0 Å². The van der Waals surface area contributed by atoms with Crippen LogP contribution in [0.15, 0.2) is 24.3 Å². The molecule has 5 nitrogen and oxygen atoms in total. The Bertz CT molecular complexity index is 555. The molecule has 0 aliphatic carbocycles. The van der Waals surface area contributed by atoms with Crippen molar-refractivity contribution in [1.29, 1.82) is 0 Å². The SMILES string of the molecule is CCC1CCCCN1C(=O)CN1CCN(c2ccccc2O)CC1. The number of amides is 1. The molecule has 1 N–H and O–H groups in total. The van der Waals surface area contributed by atoms with Crippen molar-refractivity contribution in [3.63, 3.8) is 0 Å². The zero-order valence-electron chi connectivity index (χ0n) is 14.7. The van der Waals surface area contributed by atoms with E-state index in [9.17, 15) is 9.90 Å². The number of hydrogen-bond donors (Lipinski definition) is 1. The minimum Gasteiger partial charge on any atom is -0.506 e. The maximum atomic E-state index is 12.7. The van der Waals surface area contributed by atoms with E-state index in [0.717, 1.165) is 57.7 Å². The summed E-state index contributed by atoms with van der Waals surface area (Å²) in [4.78, 5) is 19.2. The number of phenols is 1. The molecule has 0 spiro atoms. The number of piperazine rings is 1. The van der Waals surface area contributed by atoms with Crippen LogP contribution in [0.3, 0.4) is 0 Å². The van der Waals surface area contributed by atoms with Gasteiger partial charge in [0.15, 0.2) is 0 Å². The highest BCUT2D eigenvalue weighted by atomic mass is 16.3. The Kier molecular flexibility index (Phi) is 5.61. The molecule has 1 aromatic rings. The second kappa shape index (κ2) is 7.88. The van der Waals surface area contributed by atoms with Crippen LogP contribution < -0.4 is 4.90 Å². The van der Waals surface area contributed by atoms with Crippen LogP contribution in [0.25, 0.3) is 0 Å². The topological polar surface area (TPSA) is 47.0 Å². The number of carbonyl (C=O) groups excluding carboxylic acids is 1. The fourth-order valence-corrected chi connectivity index (χ4v) is 3.91. The monoisotopic (exact) mass is 331 g/mol. The second-order valence-corrected chi connectivity index (χ2v) is 6.90. The molecule has 0 bridgehead atoms. The molecule has 0 radical (unpaired) electrons. The number of anilines is 1. The molecule has 1 unspecified atom stereocenters. The van der Waals surface area contributed by atoms with Gasteiger partial charge in [0.1, 0.15) is 5.75 Å². The first-order valence-corrected chi connectivity index (χ1v) is 9.24. The largest absolute Gasteiger partial charge is 0.506 e. The van der Waals surface area contributed by atoms with Gasteiger partial charge < -0.3 is 14.9 Å². The van der Waals surface area contributed by atoms with Crippen LogP contribution in [0.1, 0.15) is 32.6 Å². The molecule has 2 saturated heterocycles. The van der Waals surface area contributed by atoms with Crippen LogP contribution in [0.5, 0.6) is 5.75 Å². The molecular formula is C19H29N3O2. The highest BCUT2D eigenvalue weighted by Gasteiger charge is 2.27. The first-order chi connectivity index (χ1) is 11.7. The van der Waals surface area contributed by atoms with Crippen LogP contribution in [-0.4, -0.2) is 66.1 Å². The lowest BCUT2D eigenvalue weighted by Gasteiger charge is -2.39. The lowest BCUT2D eigenvalue weighted by Crippen LogP contribution is -2.52. The summed E-state index contributed by atoms with van der Waals surface area (Å²) < 4.78 is 0. The number of nitrogens with zero attached hydrogens (tertiary/aromatic N) is 3. The van der Waals surface area contributed by atoms with E-state index in [4.69, 9.17) is 0 Å². The van der Waals surface area contributed by atoms with Gasteiger partial charge in [-0.15, -0.1) is 0 Å². The molecule has 2 aliphatic heterocycles. The molecule has 2 aliphatic rings. The third-order valence-electron chi connectivity index (χ3n) is 5.37. The average molecular weight is 331 g/mol. The van der Waals surface area contributed by atoms with Gasteiger partial charge in [-0.1, -0.05) is 19.1 Å². The third-order valence-corrected chi connectivity index (χ3v) is 5.37. The van der Waals surface area contributed by atoms with Gasteiger partial charge in [0, 0.05) is 38.8 Å². The van der Waals surface area contributed by atoms with Crippen LogP contribution in [0.2, 0.25) is 0 Å². The van der Waals surface area contributed by atoms with Gasteiger partial charge in [-0.25, -0.2) is 0 Å². The first kappa shape index (κ1) is 17.1. The lowest BCUT2D eigenvalue weighted by atomic mass is 10.00. The van der Waals surface area contributed by atoms with E-state index in [1.165, 1.54) is 6.42 Å². The molecule has 2 heterocycles. The maximum absolute atomic E-state index is 12.7. The summed E-state index contributed by atoms with van der Waals surface area (Å²) in [6.45, 7) is 7.07. The lowest BCUT2D eigenvalue weighted by molar-refractivity contribution is -0.136. The van der Waals surface area contributed by atoms with Gasteiger partial charge in [0.25, 0.3) is 0 Å². The molecule has 0 saturated carbocycles. The molecular weight excluding hydrogens is 302 g/mol. The number of rotatable bonds is 4. The summed E-state index contributed by atoms with van der Waals surface area (Å²) in [6, 6.07) is 7.92. The van der Waals surface area contributed by atoms with Gasteiger partial charge in [-0.2, -0.15) is 0 Å². The van der Waals surface area contributed by atoms with Crippen LogP contribution in [0, 0.1) is 0 Å². The number of phenolic OH excluding ortho intramolecular Hbond substituents is 1. The summed E-state index contributed by atoms with van der Waals surface area (Å²) in [5, 5.41) is 9.98. The van der Waals surface area contributed by atoms with Gasteiger partial charge in [0.2, 0.25) is 5.91 Å². The van der Waals surface area contributed by atoms with E-state index in [1.54, 1.807) is 6.07 Å². The average Bonchev–Trinajstić information content (AvgIpc) is 2.63. The zero-order chi connectivity index (χ0) is 16.9. The standard InChI is InChI=1S/C19H29N3O2/c1-2-16-7-5-6-10-22(16)19(24)15-20-11-13-21(14-12-20)17-8-3-4-9-18(17)23/h3-4,8-9,16,23H,2,5-7,10-15H2,1H3. The van der Waals surface area contributed by atoms with Gasteiger partial charge in [-0.05, 0) is 37.8 Å². The molecule has 1 atom stereocenters. The molecule has 0 aromatic heterocycles. The number of carbonyl (C=O) groups is 1. The van der Waals surface area contributed by atoms with Gasteiger partial charge >= 0.3 is 0 Å². The van der Waals surface area contributed by atoms with Crippen molar-refractivity contribution in [3.05, 3.63) is 24.3 Å². The summed E-state index contributed by atoms with van der Waals surface area (Å²) in [6.07, 6.45) is 4.61. The van der Waals surface area contributed by atoms with Crippen molar-refractivity contribution in [2.45, 2.75) is 38.6 Å². The fourth-order valence-electron chi connectivity index (χ4n) is 3.91. The fraction of sp³-hybridized carbons (Fsp3) is 0.632. The van der Waals surface area contributed by atoms with Crippen molar-refractivity contribution in [3.8, 4) is 5.75 Å². The molecule has 2 fully saturated rings. The highest BCUT2D eigenvalue weighted by Crippen LogP contribution is 2.27. The molecule has 24 heavy (non-hydrogen) atoms. The molecule has 132 valence electrons. The Morgan fingerprint density at radius 2 is 1.88 bits per heavy atom. The van der Waals surface area contributed by atoms with Gasteiger partial charge in [0.05, 0.1) is 12.2 Å². The maximum Gasteiger partial charge on any atom is 0.236 e. The Balaban J connectivity index is 1.52. The quantitative estimate of drug-likeness (QED) is 0.920. The minimum absolute atomic E-state index is 0.289. The normalized spacial score (nSPS) is 22.6. The number of piperidine rings is 1. The molecule has 3 rings (SSSR count). The summed E-state index contributed by atoms with van der Waals surface area (Å²) >= 11 is 0. The Morgan fingerprint density at radius 3 is 2.58 bits per heavy atom. The second-order valence-electron chi connectivity index (χ2n) is 6.90. The van der Waals surface area contributed by atoms with Crippen molar-refractivity contribution in [2.75, 3.05) is 44.2 Å². The smallest absolute Gasteiger partial charge is 0.236 e. The van der Waals surface area contributed by atoms with E-state index in [-0.39, 0.29) is 5.91 Å². The minimum atomic E-state index is 0.289. The molecule has 1 amide bonds. The van der Waals surface area contributed by atoms with Gasteiger partial charge in [-0.3, -0.25) is 9.69 Å². The van der Waals surface area contributed by atoms with Crippen LogP contribution in [0.4, 0.5) is 5.69 Å². The van der Waals surface area contributed by atoms with Crippen molar-refractivity contribution < 1.29 is 9.90 Å². The zero-order valence-corrected chi connectivity index (χ0v) is 14.7. The molecule has 1 aromatic carbocycles. The Hall–Kier alpha value is -1.75. The number of para-hydroxylation sites is 2. The number of likely N-dealkylation sites (tertiary alicyclic amines) is 1. The summed E-state index contributed by atoms with van der Waals surface area (Å²) in [5.74, 6) is 0.624. The van der Waals surface area contributed by atoms with E-state index >= 15 is 0 Å². The summed E-state index contributed by atoms with van der Waals surface area (Å²) in [5.41, 5.74) is 0.894. The van der Waals surface area contributed by atoms with Crippen LogP contribution in [-0.2, 0) is 4.79 Å². The van der Waals surface area contributed by atoms with Crippen molar-refractivity contribution in [2.24, 2.45) is 0 Å². The Labute approximate surface area is 144 Å². The van der Waals surface area contributed by atoms with E-state index in [2.05, 4.69) is 21.6 Å². The third kappa shape index (κ3) is 3.83. The van der Waals surface area contributed by atoms with E-state index in [1.807, 2.05) is 18.2 Å². The van der Waals surface area contributed by atoms with Crippen molar-refractivity contribution >= 4 is 11.6 Å². The number of hydrogen-bond acceptors (Lipinski definition) is 4.